The van der Waals surface area contributed by atoms with Gasteiger partial charge in [-0.05, 0) is 12.0 Å². The Bertz CT molecular complexity index is 684. The molecule has 0 saturated heterocycles. The largest absolute Gasteiger partial charge is 0.480 e. The first-order chi connectivity index (χ1) is 15.7. The van der Waals surface area contributed by atoms with Crippen molar-refractivity contribution in [2.24, 2.45) is 5.11 Å². The predicted octanol–water partition coefficient (Wildman–Crippen LogP) is -1.91. The van der Waals surface area contributed by atoms with Crippen molar-refractivity contribution in [3.8, 4) is 0 Å². The van der Waals surface area contributed by atoms with Gasteiger partial charge in [-0.1, -0.05) is 5.11 Å². The summed E-state index contributed by atoms with van der Waals surface area (Å²) in [6, 6.07) is 0. The van der Waals surface area contributed by atoms with Crippen LogP contribution in [0.2, 0.25) is 0 Å². The maximum atomic E-state index is 12.1. The summed E-state index contributed by atoms with van der Waals surface area (Å²) in [4.78, 5) is 62.2. The van der Waals surface area contributed by atoms with E-state index in [2.05, 4.69) is 15.3 Å². The third-order valence-electron chi connectivity index (χ3n) is 4.05. The van der Waals surface area contributed by atoms with E-state index >= 15 is 0 Å². The zero-order chi connectivity index (χ0) is 25.1. The van der Waals surface area contributed by atoms with Gasteiger partial charge in [0.15, 0.2) is 0 Å². The molecule has 186 valence electrons. The second-order valence-corrected chi connectivity index (χ2v) is 6.77. The number of hydrogen-bond donors (Lipinski definition) is 4. The van der Waals surface area contributed by atoms with E-state index in [1.165, 1.54) is 9.80 Å². The first kappa shape index (κ1) is 29.5. The molecule has 16 heteroatoms. The van der Waals surface area contributed by atoms with Crippen molar-refractivity contribution in [2.45, 2.75) is 6.42 Å². The van der Waals surface area contributed by atoms with Crippen LogP contribution < -0.4 is 5.32 Å². The van der Waals surface area contributed by atoms with Crippen molar-refractivity contribution >= 4 is 30.3 Å². The third kappa shape index (κ3) is 17.9. The van der Waals surface area contributed by atoms with E-state index in [1.807, 2.05) is 0 Å². The van der Waals surface area contributed by atoms with Crippen LogP contribution in [0.4, 0.5) is 0 Å². The predicted molar refractivity (Wildman–Crippen MR) is 111 cm³/mol. The molecule has 0 aromatic carbocycles. The Morgan fingerprint density at radius 3 is 1.82 bits per heavy atom. The summed E-state index contributed by atoms with van der Waals surface area (Å²) < 4.78 is 4.72. The van der Waals surface area contributed by atoms with Gasteiger partial charge in [-0.15, -0.1) is 0 Å². The Morgan fingerprint density at radius 1 is 0.879 bits per heavy atom. The number of nitrogens with zero attached hydrogens (tertiary/aromatic N) is 6. The van der Waals surface area contributed by atoms with E-state index in [9.17, 15) is 24.0 Å². The molecular weight excluding hydrogens is 446 g/mol. The van der Waals surface area contributed by atoms with Crippen molar-refractivity contribution in [3.63, 3.8) is 0 Å². The molecule has 4 N–H and O–H groups in total. The van der Waals surface area contributed by atoms with Gasteiger partial charge in [0.2, 0.25) is 5.91 Å². The number of hydrogen-bond acceptors (Lipinski definition) is 10. The Hall–Kier alpha value is -3.46. The quantitative estimate of drug-likeness (QED) is 0.0356. The van der Waals surface area contributed by atoms with Gasteiger partial charge in [-0.3, -0.25) is 38.7 Å². The number of aliphatic carboxylic acids is 3. The fourth-order valence-corrected chi connectivity index (χ4v) is 2.63. The molecular formula is C17H29N7O9. The first-order valence-electron chi connectivity index (χ1n) is 9.83. The van der Waals surface area contributed by atoms with Gasteiger partial charge in [0.1, 0.15) is 6.73 Å². The minimum atomic E-state index is -1.20. The average Bonchev–Trinajstić information content (AvgIpc) is 2.71. The molecule has 0 rings (SSSR count). The zero-order valence-electron chi connectivity index (χ0n) is 18.0. The van der Waals surface area contributed by atoms with Crippen molar-refractivity contribution in [1.82, 2.24) is 20.0 Å². The number of azide groups is 1. The van der Waals surface area contributed by atoms with Gasteiger partial charge < -0.3 is 25.4 Å². The fourth-order valence-electron chi connectivity index (χ4n) is 2.63. The molecule has 0 fully saturated rings. The van der Waals surface area contributed by atoms with Crippen LogP contribution >= 0.6 is 0 Å². The van der Waals surface area contributed by atoms with E-state index in [0.717, 1.165) is 0 Å². The molecule has 1 amide bonds. The number of rotatable bonds is 21. The molecule has 0 unspecified atom stereocenters. The Kier molecular flexibility index (Phi) is 16.2. The number of carbonyl (C=O) groups excluding carboxylic acids is 2. The van der Waals surface area contributed by atoms with E-state index in [-0.39, 0.29) is 59.0 Å². The minimum absolute atomic E-state index is 0.0331. The number of ether oxygens (including phenoxy) is 1. The van der Waals surface area contributed by atoms with Crippen LogP contribution in [0.3, 0.4) is 0 Å². The average molecular weight is 475 g/mol. The van der Waals surface area contributed by atoms with Crippen LogP contribution in [-0.2, 0) is 28.7 Å². The molecule has 0 aromatic rings. The monoisotopic (exact) mass is 475 g/mol. The fraction of sp³-hybridized carbons (Fsp3) is 0.706. The van der Waals surface area contributed by atoms with Gasteiger partial charge >= 0.3 is 17.9 Å². The molecule has 0 aliphatic heterocycles. The van der Waals surface area contributed by atoms with Crippen LogP contribution in [0.1, 0.15) is 6.42 Å². The Balaban J connectivity index is 4.86. The SMILES string of the molecule is [N-]=[N+]=NCCCNC(=O)CN(CCN(CCN(CC(=O)O)CC(=O)O)COC=O)CC(=O)O. The highest BCUT2D eigenvalue weighted by atomic mass is 16.5. The van der Waals surface area contributed by atoms with Crippen LogP contribution in [0.25, 0.3) is 10.4 Å². The molecule has 33 heavy (non-hydrogen) atoms. The smallest absolute Gasteiger partial charge is 0.317 e. The summed E-state index contributed by atoms with van der Waals surface area (Å²) in [5.74, 6) is -3.99. The van der Waals surface area contributed by atoms with E-state index < -0.39 is 43.4 Å². The molecule has 0 spiro atoms. The van der Waals surface area contributed by atoms with Crippen molar-refractivity contribution in [2.75, 3.05) is 72.2 Å². The third-order valence-corrected chi connectivity index (χ3v) is 4.05. The maximum absolute atomic E-state index is 12.1. The molecule has 16 nitrogen and oxygen atoms in total. The van der Waals surface area contributed by atoms with Crippen LogP contribution in [-0.4, -0.2) is 132 Å². The highest BCUT2D eigenvalue weighted by Crippen LogP contribution is 1.97. The van der Waals surface area contributed by atoms with Gasteiger partial charge in [0, 0.05) is 44.2 Å². The summed E-state index contributed by atoms with van der Waals surface area (Å²) in [5.41, 5.74) is 8.20. The van der Waals surface area contributed by atoms with Crippen LogP contribution in [0, 0.1) is 0 Å². The lowest BCUT2D eigenvalue weighted by Crippen LogP contribution is -2.46. The molecule has 0 aliphatic carbocycles. The lowest BCUT2D eigenvalue weighted by atomic mass is 10.3. The summed E-state index contributed by atoms with van der Waals surface area (Å²) in [5, 5.41) is 32.8. The lowest BCUT2D eigenvalue weighted by Gasteiger charge is -2.27. The Labute approximate surface area is 189 Å². The number of carbonyl (C=O) groups is 5. The minimum Gasteiger partial charge on any atom is -0.480 e. The van der Waals surface area contributed by atoms with Gasteiger partial charge in [-0.2, -0.15) is 0 Å². The van der Waals surface area contributed by atoms with E-state index in [4.69, 9.17) is 25.6 Å². The highest BCUT2D eigenvalue weighted by molar-refractivity contribution is 5.79. The molecule has 0 saturated carbocycles. The number of carboxylic acids is 3. The van der Waals surface area contributed by atoms with Crippen molar-refractivity contribution in [3.05, 3.63) is 10.4 Å². The zero-order valence-corrected chi connectivity index (χ0v) is 18.0. The van der Waals surface area contributed by atoms with Gasteiger partial charge in [0.05, 0.1) is 26.2 Å². The normalized spacial score (nSPS) is 10.6. The van der Waals surface area contributed by atoms with Crippen molar-refractivity contribution < 1.29 is 44.0 Å². The lowest BCUT2D eigenvalue weighted by molar-refractivity contribution is -0.142. The maximum Gasteiger partial charge on any atom is 0.317 e. The summed E-state index contributed by atoms with van der Waals surface area (Å²) in [6.45, 7) is -0.770. The molecule has 0 heterocycles. The molecule has 0 atom stereocenters. The Morgan fingerprint density at radius 2 is 1.36 bits per heavy atom. The van der Waals surface area contributed by atoms with Gasteiger partial charge in [0.25, 0.3) is 6.47 Å². The van der Waals surface area contributed by atoms with Crippen LogP contribution in [0.5, 0.6) is 0 Å². The number of carboxylic acid groups (broad SMARTS) is 3. The highest BCUT2D eigenvalue weighted by Gasteiger charge is 2.18. The molecule has 0 aliphatic rings. The number of nitrogens with one attached hydrogen (secondary N) is 1. The van der Waals surface area contributed by atoms with E-state index in [1.54, 1.807) is 4.90 Å². The van der Waals surface area contributed by atoms with Gasteiger partial charge in [-0.25, -0.2) is 0 Å². The van der Waals surface area contributed by atoms with Crippen LogP contribution in [0.15, 0.2) is 5.11 Å². The second kappa shape index (κ2) is 18.1. The second-order valence-electron chi connectivity index (χ2n) is 6.77. The summed E-state index contributed by atoms with van der Waals surface area (Å²) in [7, 11) is 0. The molecule has 0 bridgehead atoms. The molecule has 0 radical (unpaired) electrons. The topological polar surface area (TPSA) is 226 Å². The summed E-state index contributed by atoms with van der Waals surface area (Å²) >= 11 is 0. The summed E-state index contributed by atoms with van der Waals surface area (Å²) in [6.07, 6.45) is 0.425. The van der Waals surface area contributed by atoms with Crippen molar-refractivity contribution in [1.29, 1.82) is 0 Å². The molecule has 0 aromatic heterocycles. The first-order valence-corrected chi connectivity index (χ1v) is 9.83. The van der Waals surface area contributed by atoms with E-state index in [0.29, 0.717) is 6.42 Å². The standard InChI is InChI=1S/C17H29N7O9/c18-21-20-3-1-2-19-14(26)8-23(9-15(27)28)6-4-22(12-33-13-25)5-7-24(10-16(29)30)11-17(31)32/h13H,1-12H2,(H,19,26)(H,27,28)(H,29,30)(H,31,32). The number of amides is 1.